The number of unbranched alkanes of at least 4 members (excludes halogenated alkanes) is 1. The maximum absolute atomic E-state index is 13.1. The van der Waals surface area contributed by atoms with Crippen LogP contribution in [0.2, 0.25) is 0 Å². The molecule has 27 heavy (non-hydrogen) atoms. The van der Waals surface area contributed by atoms with Gasteiger partial charge in [-0.25, -0.2) is 0 Å². The Bertz CT molecular complexity index is 739. The molecule has 1 N–H and O–H groups in total. The zero-order valence-corrected chi connectivity index (χ0v) is 16.6. The Morgan fingerprint density at radius 3 is 2.30 bits per heavy atom. The molecule has 0 saturated carbocycles. The maximum atomic E-state index is 13.1. The van der Waals surface area contributed by atoms with E-state index in [4.69, 9.17) is 0 Å². The SMILES string of the molecule is CCCCN(C(=O)c1cccc(NC(=O)C(CC)CC)c1)c1ccccc1. The molecule has 4 nitrogen and oxygen atoms in total. The molecule has 0 aliphatic rings. The van der Waals surface area contributed by atoms with E-state index in [-0.39, 0.29) is 17.7 Å². The summed E-state index contributed by atoms with van der Waals surface area (Å²) in [5, 5.41) is 2.95. The lowest BCUT2D eigenvalue weighted by Gasteiger charge is -2.23. The molecule has 0 bridgehead atoms. The van der Waals surface area contributed by atoms with Crippen molar-refractivity contribution in [2.45, 2.75) is 46.5 Å². The van der Waals surface area contributed by atoms with E-state index < -0.39 is 0 Å². The summed E-state index contributed by atoms with van der Waals surface area (Å²) < 4.78 is 0. The van der Waals surface area contributed by atoms with Gasteiger partial charge in [-0.1, -0.05) is 51.5 Å². The fraction of sp³-hybridized carbons (Fsp3) is 0.391. The standard InChI is InChI=1S/C23H30N2O2/c1-4-7-16-25(21-14-9-8-10-15-21)23(27)19-12-11-13-20(17-19)24-22(26)18(5-2)6-3/h8-15,17-18H,4-7,16H2,1-3H3,(H,24,26). The molecule has 0 aliphatic carbocycles. The molecule has 144 valence electrons. The number of hydrogen-bond donors (Lipinski definition) is 1. The lowest BCUT2D eigenvalue weighted by Crippen LogP contribution is -2.32. The number of anilines is 2. The summed E-state index contributed by atoms with van der Waals surface area (Å²) in [4.78, 5) is 27.3. The number of carbonyl (C=O) groups excluding carboxylic acids is 2. The lowest BCUT2D eigenvalue weighted by molar-refractivity contribution is -0.120. The van der Waals surface area contributed by atoms with Crippen molar-refractivity contribution in [3.63, 3.8) is 0 Å². The summed E-state index contributed by atoms with van der Waals surface area (Å²) in [6, 6.07) is 16.9. The molecule has 0 spiro atoms. The van der Waals surface area contributed by atoms with Crippen LogP contribution in [0.4, 0.5) is 11.4 Å². The molecular weight excluding hydrogens is 336 g/mol. The van der Waals surface area contributed by atoms with E-state index in [1.165, 1.54) is 0 Å². The van der Waals surface area contributed by atoms with Gasteiger partial charge in [-0.05, 0) is 49.6 Å². The second-order valence-electron chi connectivity index (χ2n) is 6.73. The topological polar surface area (TPSA) is 49.4 Å². The molecule has 2 rings (SSSR count). The van der Waals surface area contributed by atoms with E-state index in [1.807, 2.05) is 61.2 Å². The monoisotopic (exact) mass is 366 g/mol. The van der Waals surface area contributed by atoms with E-state index >= 15 is 0 Å². The molecule has 0 atom stereocenters. The van der Waals surface area contributed by atoms with Gasteiger partial charge in [0.05, 0.1) is 0 Å². The highest BCUT2D eigenvalue weighted by Crippen LogP contribution is 2.20. The summed E-state index contributed by atoms with van der Waals surface area (Å²) >= 11 is 0. The van der Waals surface area contributed by atoms with E-state index in [9.17, 15) is 9.59 Å². The third-order valence-corrected chi connectivity index (χ3v) is 4.78. The lowest BCUT2D eigenvalue weighted by atomic mass is 10.0. The predicted octanol–water partition coefficient (Wildman–Crippen LogP) is 5.51. The van der Waals surface area contributed by atoms with Crippen LogP contribution in [-0.2, 0) is 4.79 Å². The van der Waals surface area contributed by atoms with Crippen molar-refractivity contribution >= 4 is 23.2 Å². The molecule has 2 aromatic rings. The molecule has 0 saturated heterocycles. The van der Waals surface area contributed by atoms with Crippen LogP contribution in [0.1, 0.15) is 56.8 Å². The van der Waals surface area contributed by atoms with Crippen molar-refractivity contribution in [2.24, 2.45) is 5.92 Å². The zero-order valence-electron chi connectivity index (χ0n) is 16.6. The molecule has 0 fully saturated rings. The van der Waals surface area contributed by atoms with Gasteiger partial charge in [0.1, 0.15) is 0 Å². The predicted molar refractivity (Wildman–Crippen MR) is 112 cm³/mol. The Balaban J connectivity index is 2.22. The summed E-state index contributed by atoms with van der Waals surface area (Å²) in [6.45, 7) is 6.81. The van der Waals surface area contributed by atoms with Crippen LogP contribution >= 0.6 is 0 Å². The second kappa shape index (κ2) is 10.5. The van der Waals surface area contributed by atoms with E-state index in [0.29, 0.717) is 17.8 Å². The summed E-state index contributed by atoms with van der Waals surface area (Å²) in [5.74, 6) is -0.0430. The first-order chi connectivity index (χ1) is 13.1. The van der Waals surface area contributed by atoms with Crippen LogP contribution in [0.3, 0.4) is 0 Å². The van der Waals surface area contributed by atoms with Gasteiger partial charge in [0.15, 0.2) is 0 Å². The van der Waals surface area contributed by atoms with Gasteiger partial charge in [-0.3, -0.25) is 9.59 Å². The zero-order chi connectivity index (χ0) is 19.6. The maximum Gasteiger partial charge on any atom is 0.258 e. The van der Waals surface area contributed by atoms with Crippen molar-refractivity contribution < 1.29 is 9.59 Å². The minimum atomic E-state index is -0.0479. The van der Waals surface area contributed by atoms with Crippen molar-refractivity contribution in [3.05, 3.63) is 60.2 Å². The van der Waals surface area contributed by atoms with Crippen molar-refractivity contribution in [1.29, 1.82) is 0 Å². The number of nitrogens with one attached hydrogen (secondary N) is 1. The number of carbonyl (C=O) groups is 2. The molecule has 0 unspecified atom stereocenters. The second-order valence-corrected chi connectivity index (χ2v) is 6.73. The van der Waals surface area contributed by atoms with Crippen LogP contribution in [0.25, 0.3) is 0 Å². The van der Waals surface area contributed by atoms with Crippen molar-refractivity contribution in [3.8, 4) is 0 Å². The van der Waals surface area contributed by atoms with Gasteiger partial charge in [0, 0.05) is 29.4 Å². The van der Waals surface area contributed by atoms with Gasteiger partial charge in [-0.15, -0.1) is 0 Å². The highest BCUT2D eigenvalue weighted by atomic mass is 16.2. The molecule has 2 aromatic carbocycles. The van der Waals surface area contributed by atoms with Gasteiger partial charge in [0.25, 0.3) is 5.91 Å². The summed E-state index contributed by atoms with van der Waals surface area (Å²) in [5.41, 5.74) is 2.14. The number of hydrogen-bond acceptors (Lipinski definition) is 2. The Morgan fingerprint density at radius 1 is 0.963 bits per heavy atom. The van der Waals surface area contributed by atoms with Crippen LogP contribution in [0, 0.1) is 5.92 Å². The van der Waals surface area contributed by atoms with E-state index in [1.54, 1.807) is 12.1 Å². The Kier molecular flexibility index (Phi) is 8.05. The fourth-order valence-electron chi connectivity index (χ4n) is 3.06. The van der Waals surface area contributed by atoms with Crippen molar-refractivity contribution in [2.75, 3.05) is 16.8 Å². The third-order valence-electron chi connectivity index (χ3n) is 4.78. The van der Waals surface area contributed by atoms with E-state index in [0.717, 1.165) is 31.4 Å². The number of rotatable bonds is 9. The Morgan fingerprint density at radius 2 is 1.67 bits per heavy atom. The first kappa shape index (κ1) is 20.7. The van der Waals surface area contributed by atoms with Crippen LogP contribution in [-0.4, -0.2) is 18.4 Å². The molecule has 0 aromatic heterocycles. The van der Waals surface area contributed by atoms with Crippen LogP contribution in [0.5, 0.6) is 0 Å². The average Bonchev–Trinajstić information content (AvgIpc) is 2.70. The number of benzene rings is 2. The molecule has 2 amide bonds. The minimum absolute atomic E-state index is 0.00488. The normalized spacial score (nSPS) is 10.7. The molecule has 0 radical (unpaired) electrons. The van der Waals surface area contributed by atoms with Gasteiger partial charge in [-0.2, -0.15) is 0 Å². The third kappa shape index (κ3) is 5.68. The van der Waals surface area contributed by atoms with Gasteiger partial charge in [0.2, 0.25) is 5.91 Å². The summed E-state index contributed by atoms with van der Waals surface area (Å²) in [6.07, 6.45) is 3.56. The van der Waals surface area contributed by atoms with Gasteiger partial charge < -0.3 is 10.2 Å². The quantitative estimate of drug-likeness (QED) is 0.636. The molecule has 4 heteroatoms. The fourth-order valence-corrected chi connectivity index (χ4v) is 3.06. The smallest absolute Gasteiger partial charge is 0.258 e. The van der Waals surface area contributed by atoms with Crippen LogP contribution in [0.15, 0.2) is 54.6 Å². The van der Waals surface area contributed by atoms with Gasteiger partial charge >= 0.3 is 0 Å². The Labute approximate surface area is 162 Å². The molecule has 0 heterocycles. The Hall–Kier alpha value is -2.62. The van der Waals surface area contributed by atoms with Crippen molar-refractivity contribution in [1.82, 2.24) is 0 Å². The highest BCUT2D eigenvalue weighted by Gasteiger charge is 2.19. The molecule has 0 aliphatic heterocycles. The van der Waals surface area contributed by atoms with E-state index in [2.05, 4.69) is 12.2 Å². The minimum Gasteiger partial charge on any atom is -0.326 e. The average molecular weight is 367 g/mol. The summed E-state index contributed by atoms with van der Waals surface area (Å²) in [7, 11) is 0. The largest absolute Gasteiger partial charge is 0.326 e. The highest BCUT2D eigenvalue weighted by molar-refractivity contribution is 6.07. The number of para-hydroxylation sites is 1. The first-order valence-corrected chi connectivity index (χ1v) is 9.88. The number of nitrogens with zero attached hydrogens (tertiary/aromatic N) is 1. The first-order valence-electron chi connectivity index (χ1n) is 9.88. The molecular formula is C23H30N2O2. The number of amides is 2. The van der Waals surface area contributed by atoms with Crippen LogP contribution < -0.4 is 10.2 Å².